The molecule has 0 bridgehead atoms. The molecule has 0 amide bonds. The number of pyridine rings is 1. The molecule has 0 saturated carbocycles. The zero-order valence-corrected chi connectivity index (χ0v) is 11.4. The predicted octanol–water partition coefficient (Wildman–Crippen LogP) is 3.61. The van der Waals surface area contributed by atoms with Crippen molar-refractivity contribution in [2.24, 2.45) is 0 Å². The predicted molar refractivity (Wildman–Crippen MR) is 73.6 cm³/mol. The number of aromatic nitrogens is 1. The van der Waals surface area contributed by atoms with E-state index in [9.17, 15) is 8.78 Å². The molecule has 1 aliphatic heterocycles. The summed E-state index contributed by atoms with van der Waals surface area (Å²) in [6, 6.07) is 6.02. The van der Waals surface area contributed by atoms with E-state index in [4.69, 9.17) is 11.6 Å². The minimum Gasteiger partial charge on any atom is -0.298 e. The molecule has 0 atom stereocenters. The van der Waals surface area contributed by atoms with Gasteiger partial charge in [0, 0.05) is 37.9 Å². The van der Waals surface area contributed by atoms with Gasteiger partial charge in [0.1, 0.15) is 0 Å². The number of hydrogen-bond donors (Lipinski definition) is 0. The van der Waals surface area contributed by atoms with E-state index in [1.54, 1.807) is 18.5 Å². The first kappa shape index (κ1) is 13.5. The number of nitrogens with zero attached hydrogens (tertiary/aromatic N) is 2. The lowest BCUT2D eigenvalue weighted by atomic mass is 9.91. The lowest BCUT2D eigenvalue weighted by Crippen LogP contribution is -2.44. The second-order valence-corrected chi connectivity index (χ2v) is 5.44. The van der Waals surface area contributed by atoms with Crippen molar-refractivity contribution in [3.05, 3.63) is 64.4 Å². The molecule has 0 N–H and O–H groups in total. The molecule has 1 aliphatic rings. The first-order chi connectivity index (χ1) is 9.63. The SMILES string of the molecule is Fc1ccc(C2CN(Cc3ccncc3Cl)C2)cc1F. The topological polar surface area (TPSA) is 16.1 Å². The van der Waals surface area contributed by atoms with Gasteiger partial charge in [0.2, 0.25) is 0 Å². The highest BCUT2D eigenvalue weighted by Crippen LogP contribution is 2.30. The number of likely N-dealkylation sites (tertiary alicyclic amines) is 1. The van der Waals surface area contributed by atoms with E-state index in [2.05, 4.69) is 9.88 Å². The van der Waals surface area contributed by atoms with Crippen molar-refractivity contribution in [2.45, 2.75) is 12.5 Å². The monoisotopic (exact) mass is 294 g/mol. The van der Waals surface area contributed by atoms with Crippen LogP contribution in [-0.2, 0) is 6.54 Å². The minimum absolute atomic E-state index is 0.255. The van der Waals surface area contributed by atoms with Crippen LogP contribution in [0.2, 0.25) is 5.02 Å². The first-order valence-corrected chi connectivity index (χ1v) is 6.77. The van der Waals surface area contributed by atoms with Crippen LogP contribution < -0.4 is 0 Å². The molecule has 1 saturated heterocycles. The van der Waals surface area contributed by atoms with Gasteiger partial charge >= 0.3 is 0 Å². The van der Waals surface area contributed by atoms with Crippen LogP contribution in [0.4, 0.5) is 8.78 Å². The summed E-state index contributed by atoms with van der Waals surface area (Å²) in [5, 5.41) is 0.656. The molecule has 2 nitrogen and oxygen atoms in total. The third-order valence-corrected chi connectivity index (χ3v) is 3.96. The van der Waals surface area contributed by atoms with Gasteiger partial charge in [-0.05, 0) is 29.3 Å². The Balaban J connectivity index is 1.61. The lowest BCUT2D eigenvalue weighted by molar-refractivity contribution is 0.139. The van der Waals surface area contributed by atoms with Gasteiger partial charge in [-0.25, -0.2) is 8.78 Å². The first-order valence-electron chi connectivity index (χ1n) is 6.39. The van der Waals surface area contributed by atoms with Gasteiger partial charge in [-0.2, -0.15) is 0 Å². The lowest BCUT2D eigenvalue weighted by Gasteiger charge is -2.39. The Hall–Kier alpha value is -1.52. The molecule has 1 aromatic heterocycles. The van der Waals surface area contributed by atoms with Crippen molar-refractivity contribution in [1.29, 1.82) is 0 Å². The van der Waals surface area contributed by atoms with E-state index >= 15 is 0 Å². The van der Waals surface area contributed by atoms with Crippen LogP contribution in [0.5, 0.6) is 0 Å². The maximum atomic E-state index is 13.2. The summed E-state index contributed by atoms with van der Waals surface area (Å²) in [6.07, 6.45) is 3.34. The van der Waals surface area contributed by atoms with Crippen LogP contribution >= 0.6 is 11.6 Å². The Bertz CT molecular complexity index is 627. The van der Waals surface area contributed by atoms with Gasteiger partial charge in [0.15, 0.2) is 11.6 Å². The summed E-state index contributed by atoms with van der Waals surface area (Å²) < 4.78 is 26.1. The van der Waals surface area contributed by atoms with Gasteiger partial charge in [-0.3, -0.25) is 9.88 Å². The molecular weight excluding hydrogens is 282 g/mol. The molecule has 5 heteroatoms. The van der Waals surface area contributed by atoms with Gasteiger partial charge in [-0.15, -0.1) is 0 Å². The van der Waals surface area contributed by atoms with Crippen LogP contribution in [0.25, 0.3) is 0 Å². The Kier molecular flexibility index (Phi) is 3.68. The summed E-state index contributed by atoms with van der Waals surface area (Å²) >= 11 is 6.06. The zero-order valence-electron chi connectivity index (χ0n) is 10.7. The van der Waals surface area contributed by atoms with Crippen LogP contribution in [0.3, 0.4) is 0 Å². The summed E-state index contributed by atoms with van der Waals surface area (Å²) in [7, 11) is 0. The normalized spacial score (nSPS) is 16.1. The van der Waals surface area contributed by atoms with E-state index in [1.807, 2.05) is 6.07 Å². The smallest absolute Gasteiger partial charge is 0.159 e. The second kappa shape index (κ2) is 5.46. The fourth-order valence-electron chi connectivity index (χ4n) is 2.45. The summed E-state index contributed by atoms with van der Waals surface area (Å²) in [5.74, 6) is -1.32. The number of halogens is 3. The third-order valence-electron chi connectivity index (χ3n) is 3.62. The average molecular weight is 295 g/mol. The van der Waals surface area contributed by atoms with Crippen molar-refractivity contribution in [2.75, 3.05) is 13.1 Å². The Morgan fingerprint density at radius 3 is 2.70 bits per heavy atom. The summed E-state index contributed by atoms with van der Waals surface area (Å²) in [4.78, 5) is 6.16. The molecule has 20 heavy (non-hydrogen) atoms. The van der Waals surface area contributed by atoms with Gasteiger partial charge < -0.3 is 0 Å². The van der Waals surface area contributed by atoms with E-state index in [-0.39, 0.29) is 5.92 Å². The standard InChI is InChI=1S/C15H13ClF2N2/c16-13-6-19-4-3-11(13)7-20-8-12(9-20)10-1-2-14(17)15(18)5-10/h1-6,12H,7-9H2. The van der Waals surface area contributed by atoms with Crippen molar-refractivity contribution in [1.82, 2.24) is 9.88 Å². The second-order valence-electron chi connectivity index (χ2n) is 5.03. The Labute approximate surface area is 121 Å². The molecule has 0 unspecified atom stereocenters. The molecule has 0 aliphatic carbocycles. The molecule has 2 aromatic rings. The van der Waals surface area contributed by atoms with Gasteiger partial charge in [0.05, 0.1) is 5.02 Å². The van der Waals surface area contributed by atoms with Crippen LogP contribution in [0, 0.1) is 11.6 Å². The quantitative estimate of drug-likeness (QED) is 0.859. The molecule has 1 fully saturated rings. The molecular formula is C15H13ClF2N2. The molecule has 104 valence electrons. The van der Waals surface area contributed by atoms with Crippen LogP contribution in [0.15, 0.2) is 36.7 Å². The zero-order chi connectivity index (χ0) is 14.1. The Morgan fingerprint density at radius 1 is 1.20 bits per heavy atom. The van der Waals surface area contributed by atoms with Gasteiger partial charge in [-0.1, -0.05) is 17.7 Å². The minimum atomic E-state index is -0.798. The highest BCUT2D eigenvalue weighted by atomic mass is 35.5. The van der Waals surface area contributed by atoms with Crippen molar-refractivity contribution in [3.8, 4) is 0 Å². The number of rotatable bonds is 3. The molecule has 2 heterocycles. The average Bonchev–Trinajstić information content (AvgIpc) is 2.39. The highest BCUT2D eigenvalue weighted by molar-refractivity contribution is 6.31. The molecule has 0 spiro atoms. The fraction of sp³-hybridized carbons (Fsp3) is 0.267. The Morgan fingerprint density at radius 2 is 2.00 bits per heavy atom. The van der Waals surface area contributed by atoms with E-state index in [0.717, 1.165) is 30.8 Å². The summed E-state index contributed by atoms with van der Waals surface area (Å²) in [6.45, 7) is 2.40. The largest absolute Gasteiger partial charge is 0.298 e. The maximum absolute atomic E-state index is 13.2. The summed E-state index contributed by atoms with van der Waals surface area (Å²) in [5.41, 5.74) is 1.88. The maximum Gasteiger partial charge on any atom is 0.159 e. The number of benzene rings is 1. The fourth-order valence-corrected chi connectivity index (χ4v) is 2.63. The van der Waals surface area contributed by atoms with Gasteiger partial charge in [0.25, 0.3) is 0 Å². The molecule has 1 aromatic carbocycles. The van der Waals surface area contributed by atoms with Crippen molar-refractivity contribution >= 4 is 11.6 Å². The van der Waals surface area contributed by atoms with Crippen molar-refractivity contribution in [3.63, 3.8) is 0 Å². The number of hydrogen-bond acceptors (Lipinski definition) is 2. The van der Waals surface area contributed by atoms with Crippen LogP contribution in [-0.4, -0.2) is 23.0 Å². The highest BCUT2D eigenvalue weighted by Gasteiger charge is 2.28. The molecule has 0 radical (unpaired) electrons. The molecule has 3 rings (SSSR count). The van der Waals surface area contributed by atoms with E-state index < -0.39 is 11.6 Å². The van der Waals surface area contributed by atoms with Crippen LogP contribution in [0.1, 0.15) is 17.0 Å². The third kappa shape index (κ3) is 2.67. The van der Waals surface area contributed by atoms with E-state index in [0.29, 0.717) is 5.02 Å². The van der Waals surface area contributed by atoms with Crippen molar-refractivity contribution < 1.29 is 8.78 Å². The van der Waals surface area contributed by atoms with E-state index in [1.165, 1.54) is 12.1 Å².